The number of ether oxygens (including phenoxy) is 2. The van der Waals surface area contributed by atoms with Crippen molar-refractivity contribution in [3.05, 3.63) is 80.4 Å². The number of nitrogens with one attached hydrogen (secondary N) is 2. The highest BCUT2D eigenvalue weighted by molar-refractivity contribution is 14.1. The highest BCUT2D eigenvalue weighted by Gasteiger charge is 2.23. The molecule has 0 spiro atoms. The number of hydrogen-bond donors (Lipinski definition) is 2. The average Bonchev–Trinajstić information content (AvgIpc) is 2.73. The second-order valence-corrected chi connectivity index (χ2v) is 8.04. The second kappa shape index (κ2) is 8.93. The molecule has 0 bridgehead atoms. The van der Waals surface area contributed by atoms with Gasteiger partial charge in [0.05, 0.1) is 11.3 Å². The fourth-order valence-electron chi connectivity index (χ4n) is 3.02. The minimum Gasteiger partial charge on any atom is -0.486 e. The molecule has 0 fully saturated rings. The molecule has 0 radical (unpaired) electrons. The SMILES string of the molecule is O=C(Nc1cccc(Cl)c1)Nc1cc2c(cc1C(=O)c1ccccc1I)OCCO2. The van der Waals surface area contributed by atoms with Crippen LogP contribution in [0.1, 0.15) is 15.9 Å². The summed E-state index contributed by atoms with van der Waals surface area (Å²) in [6.07, 6.45) is 0. The maximum Gasteiger partial charge on any atom is 0.323 e. The lowest BCUT2D eigenvalue weighted by Crippen LogP contribution is -2.22. The third-order valence-electron chi connectivity index (χ3n) is 4.38. The van der Waals surface area contributed by atoms with Crippen molar-refractivity contribution in [2.75, 3.05) is 23.8 Å². The molecule has 0 saturated carbocycles. The topological polar surface area (TPSA) is 76.7 Å². The summed E-state index contributed by atoms with van der Waals surface area (Å²) >= 11 is 8.08. The molecular weight excluding hydrogens is 519 g/mol. The van der Waals surface area contributed by atoms with E-state index in [2.05, 4.69) is 33.2 Å². The zero-order chi connectivity index (χ0) is 21.1. The first-order chi connectivity index (χ1) is 14.5. The van der Waals surface area contributed by atoms with E-state index in [0.717, 1.165) is 3.57 Å². The molecule has 1 aliphatic rings. The van der Waals surface area contributed by atoms with Gasteiger partial charge in [-0.05, 0) is 59.0 Å². The molecule has 1 aliphatic heterocycles. The summed E-state index contributed by atoms with van der Waals surface area (Å²) in [5.41, 5.74) is 1.70. The fraction of sp³-hybridized carbons (Fsp3) is 0.0909. The van der Waals surface area contributed by atoms with Crippen LogP contribution in [0.2, 0.25) is 5.02 Å². The lowest BCUT2D eigenvalue weighted by atomic mass is 10.0. The van der Waals surface area contributed by atoms with E-state index in [4.69, 9.17) is 21.1 Å². The number of ketones is 1. The number of hydrogen-bond acceptors (Lipinski definition) is 4. The van der Waals surface area contributed by atoms with E-state index in [0.29, 0.717) is 52.2 Å². The molecule has 0 atom stereocenters. The Morgan fingerprint density at radius 1 is 0.867 bits per heavy atom. The number of rotatable bonds is 4. The van der Waals surface area contributed by atoms with Crippen LogP contribution < -0.4 is 20.1 Å². The Labute approximate surface area is 191 Å². The summed E-state index contributed by atoms with van der Waals surface area (Å²) in [4.78, 5) is 25.9. The van der Waals surface area contributed by atoms with Gasteiger partial charge >= 0.3 is 6.03 Å². The standard InChI is InChI=1S/C22H16ClIN2O4/c23-13-4-3-5-14(10-13)25-22(28)26-18-12-20-19(29-8-9-30-20)11-16(18)21(27)15-6-1-2-7-17(15)24/h1-7,10-12H,8-9H2,(H2,25,26,28). The first kappa shape index (κ1) is 20.5. The first-order valence-electron chi connectivity index (χ1n) is 9.08. The molecule has 30 heavy (non-hydrogen) atoms. The normalized spacial score (nSPS) is 12.2. The number of benzene rings is 3. The molecule has 0 aromatic heterocycles. The molecule has 0 aliphatic carbocycles. The van der Waals surface area contributed by atoms with Crippen LogP contribution in [0, 0.1) is 3.57 Å². The highest BCUT2D eigenvalue weighted by Crippen LogP contribution is 2.37. The fourth-order valence-corrected chi connectivity index (χ4v) is 3.84. The summed E-state index contributed by atoms with van der Waals surface area (Å²) in [6, 6.07) is 16.7. The molecule has 2 amide bonds. The summed E-state index contributed by atoms with van der Waals surface area (Å²) < 4.78 is 12.1. The molecule has 0 saturated heterocycles. The largest absolute Gasteiger partial charge is 0.486 e. The van der Waals surface area contributed by atoms with E-state index in [1.807, 2.05) is 12.1 Å². The molecule has 8 heteroatoms. The lowest BCUT2D eigenvalue weighted by Gasteiger charge is -2.21. The first-order valence-corrected chi connectivity index (χ1v) is 10.5. The quantitative estimate of drug-likeness (QED) is 0.338. The number of anilines is 2. The van der Waals surface area contributed by atoms with Gasteiger partial charge in [-0.15, -0.1) is 0 Å². The van der Waals surface area contributed by atoms with Crippen molar-refractivity contribution >= 4 is 57.4 Å². The Kier molecular flexibility index (Phi) is 6.10. The molecule has 1 heterocycles. The Balaban J connectivity index is 1.68. The lowest BCUT2D eigenvalue weighted by molar-refractivity contribution is 0.103. The Morgan fingerprint density at radius 3 is 2.33 bits per heavy atom. The molecular formula is C22H16ClIN2O4. The minimum absolute atomic E-state index is 0.227. The number of amides is 2. The molecule has 2 N–H and O–H groups in total. The Bertz CT molecular complexity index is 1140. The molecule has 3 aromatic carbocycles. The van der Waals surface area contributed by atoms with Gasteiger partial charge in [-0.3, -0.25) is 4.79 Å². The van der Waals surface area contributed by atoms with Crippen molar-refractivity contribution in [3.8, 4) is 11.5 Å². The third-order valence-corrected chi connectivity index (χ3v) is 5.55. The van der Waals surface area contributed by atoms with E-state index < -0.39 is 6.03 Å². The van der Waals surface area contributed by atoms with Crippen molar-refractivity contribution in [2.45, 2.75) is 0 Å². The maximum absolute atomic E-state index is 13.3. The smallest absolute Gasteiger partial charge is 0.323 e. The van der Waals surface area contributed by atoms with E-state index in [1.165, 1.54) is 0 Å². The van der Waals surface area contributed by atoms with Crippen LogP contribution >= 0.6 is 34.2 Å². The summed E-state index contributed by atoms with van der Waals surface area (Å²) in [5, 5.41) is 5.96. The number of carbonyl (C=O) groups is 2. The predicted octanol–water partition coefficient (Wildman–Crippen LogP) is 5.59. The number of fused-ring (bicyclic) bond motifs is 1. The minimum atomic E-state index is -0.509. The predicted molar refractivity (Wildman–Crippen MR) is 124 cm³/mol. The van der Waals surface area contributed by atoms with Crippen LogP contribution in [-0.2, 0) is 0 Å². The zero-order valence-electron chi connectivity index (χ0n) is 15.6. The maximum atomic E-state index is 13.3. The monoisotopic (exact) mass is 534 g/mol. The van der Waals surface area contributed by atoms with Crippen molar-refractivity contribution in [2.24, 2.45) is 0 Å². The van der Waals surface area contributed by atoms with Gasteiger partial charge in [-0.25, -0.2) is 4.79 Å². The Morgan fingerprint density at radius 2 is 1.60 bits per heavy atom. The van der Waals surface area contributed by atoms with Gasteiger partial charge in [0, 0.05) is 25.9 Å². The van der Waals surface area contributed by atoms with Gasteiger partial charge in [0.25, 0.3) is 0 Å². The van der Waals surface area contributed by atoms with Gasteiger partial charge in [-0.1, -0.05) is 29.8 Å². The van der Waals surface area contributed by atoms with E-state index in [1.54, 1.807) is 48.5 Å². The third kappa shape index (κ3) is 4.52. The van der Waals surface area contributed by atoms with Crippen molar-refractivity contribution in [1.29, 1.82) is 0 Å². The molecule has 6 nitrogen and oxygen atoms in total. The number of urea groups is 1. The van der Waals surface area contributed by atoms with Gasteiger partial charge in [0.15, 0.2) is 17.3 Å². The Hall–Kier alpha value is -2.78. The summed E-state index contributed by atoms with van der Waals surface area (Å²) in [7, 11) is 0. The van der Waals surface area contributed by atoms with Gasteiger partial charge in [-0.2, -0.15) is 0 Å². The highest BCUT2D eigenvalue weighted by atomic mass is 127. The zero-order valence-corrected chi connectivity index (χ0v) is 18.5. The molecule has 4 rings (SSSR count). The van der Waals surface area contributed by atoms with E-state index >= 15 is 0 Å². The number of halogens is 2. The van der Waals surface area contributed by atoms with Crippen LogP contribution in [0.3, 0.4) is 0 Å². The molecule has 152 valence electrons. The van der Waals surface area contributed by atoms with Crippen molar-refractivity contribution in [1.82, 2.24) is 0 Å². The van der Waals surface area contributed by atoms with Crippen molar-refractivity contribution < 1.29 is 19.1 Å². The molecule has 0 unspecified atom stereocenters. The van der Waals surface area contributed by atoms with E-state index in [9.17, 15) is 9.59 Å². The van der Waals surface area contributed by atoms with Crippen molar-refractivity contribution in [3.63, 3.8) is 0 Å². The van der Waals surface area contributed by atoms with E-state index in [-0.39, 0.29) is 5.78 Å². The van der Waals surface area contributed by atoms with Crippen LogP contribution in [0.25, 0.3) is 0 Å². The molecule has 3 aromatic rings. The van der Waals surface area contributed by atoms with Crippen LogP contribution in [-0.4, -0.2) is 25.0 Å². The summed E-state index contributed by atoms with van der Waals surface area (Å²) in [5.74, 6) is 0.713. The second-order valence-electron chi connectivity index (χ2n) is 6.44. The summed E-state index contributed by atoms with van der Waals surface area (Å²) in [6.45, 7) is 0.788. The number of carbonyl (C=O) groups excluding carboxylic acids is 2. The average molecular weight is 535 g/mol. The van der Waals surface area contributed by atoms with Crippen LogP contribution in [0.5, 0.6) is 11.5 Å². The van der Waals surface area contributed by atoms with Crippen LogP contribution in [0.15, 0.2) is 60.7 Å². The van der Waals surface area contributed by atoms with Gasteiger partial charge in [0.1, 0.15) is 13.2 Å². The van der Waals surface area contributed by atoms with Gasteiger partial charge in [0.2, 0.25) is 0 Å². The van der Waals surface area contributed by atoms with Crippen LogP contribution in [0.4, 0.5) is 16.2 Å². The van der Waals surface area contributed by atoms with Gasteiger partial charge < -0.3 is 20.1 Å².